The molecule has 21 heavy (non-hydrogen) atoms. The van der Waals surface area contributed by atoms with Gasteiger partial charge >= 0.3 is 0 Å². The first-order valence-electron chi connectivity index (χ1n) is 7.51. The molecule has 2 N–H and O–H groups in total. The summed E-state index contributed by atoms with van der Waals surface area (Å²) >= 11 is 0. The SMILES string of the molecule is C[C@H](Nc1cnc2ccccc2n1)C(=O)NC1CCCC1. The molecule has 1 aromatic heterocycles. The molecule has 110 valence electrons. The molecule has 5 heteroatoms. The number of anilines is 1. The fourth-order valence-electron chi connectivity index (χ4n) is 2.71. The van der Waals surface area contributed by atoms with E-state index in [4.69, 9.17) is 0 Å². The first-order valence-corrected chi connectivity index (χ1v) is 7.51. The molecule has 0 radical (unpaired) electrons. The van der Waals surface area contributed by atoms with Gasteiger partial charge in [-0.15, -0.1) is 0 Å². The molecule has 0 saturated heterocycles. The first kappa shape index (κ1) is 13.8. The van der Waals surface area contributed by atoms with Crippen LogP contribution in [0.15, 0.2) is 30.5 Å². The van der Waals surface area contributed by atoms with Gasteiger partial charge in [-0.1, -0.05) is 25.0 Å². The molecule has 1 fully saturated rings. The van der Waals surface area contributed by atoms with Crippen molar-refractivity contribution in [3.63, 3.8) is 0 Å². The van der Waals surface area contributed by atoms with Crippen molar-refractivity contribution < 1.29 is 4.79 Å². The number of carbonyl (C=O) groups excluding carboxylic acids is 1. The van der Waals surface area contributed by atoms with E-state index in [0.29, 0.717) is 11.9 Å². The Labute approximate surface area is 124 Å². The average Bonchev–Trinajstić information content (AvgIpc) is 3.00. The zero-order valence-electron chi connectivity index (χ0n) is 12.2. The van der Waals surface area contributed by atoms with Crippen molar-refractivity contribution in [2.24, 2.45) is 0 Å². The summed E-state index contributed by atoms with van der Waals surface area (Å²) in [6, 6.07) is 7.71. The number of nitrogens with one attached hydrogen (secondary N) is 2. The predicted molar refractivity (Wildman–Crippen MR) is 83.0 cm³/mol. The van der Waals surface area contributed by atoms with Crippen molar-refractivity contribution in [2.45, 2.75) is 44.7 Å². The van der Waals surface area contributed by atoms with Gasteiger partial charge in [0.1, 0.15) is 11.9 Å². The number of para-hydroxylation sites is 2. The standard InChI is InChI=1S/C16H20N4O/c1-11(16(21)19-12-6-2-3-7-12)18-15-10-17-13-8-4-5-9-14(13)20-15/h4-5,8-12H,2-3,6-7H2,1H3,(H,18,20)(H,19,21)/t11-/m0/s1. The van der Waals surface area contributed by atoms with E-state index in [1.807, 2.05) is 31.2 Å². The minimum Gasteiger partial charge on any atom is -0.357 e. The normalized spacial score (nSPS) is 16.8. The van der Waals surface area contributed by atoms with E-state index in [2.05, 4.69) is 20.6 Å². The van der Waals surface area contributed by atoms with Gasteiger partial charge in [0.2, 0.25) is 5.91 Å². The Morgan fingerprint density at radius 2 is 1.95 bits per heavy atom. The molecule has 0 bridgehead atoms. The van der Waals surface area contributed by atoms with Gasteiger partial charge in [0.25, 0.3) is 0 Å². The van der Waals surface area contributed by atoms with E-state index in [-0.39, 0.29) is 11.9 Å². The highest BCUT2D eigenvalue weighted by Crippen LogP contribution is 2.18. The van der Waals surface area contributed by atoms with Gasteiger partial charge in [0.05, 0.1) is 17.2 Å². The van der Waals surface area contributed by atoms with Gasteiger partial charge in [-0.05, 0) is 31.9 Å². The van der Waals surface area contributed by atoms with Crippen LogP contribution in [-0.4, -0.2) is 28.0 Å². The van der Waals surface area contributed by atoms with E-state index >= 15 is 0 Å². The summed E-state index contributed by atoms with van der Waals surface area (Å²) in [7, 11) is 0. The Hall–Kier alpha value is -2.17. The highest BCUT2D eigenvalue weighted by molar-refractivity contribution is 5.84. The molecule has 1 aromatic carbocycles. The third-order valence-corrected chi connectivity index (χ3v) is 3.91. The lowest BCUT2D eigenvalue weighted by Crippen LogP contribution is -2.42. The summed E-state index contributed by atoms with van der Waals surface area (Å²) in [4.78, 5) is 21.0. The largest absolute Gasteiger partial charge is 0.357 e. The lowest BCUT2D eigenvalue weighted by molar-refractivity contribution is -0.122. The molecule has 1 atom stereocenters. The van der Waals surface area contributed by atoms with Gasteiger partial charge in [-0.25, -0.2) is 4.98 Å². The van der Waals surface area contributed by atoms with Crippen LogP contribution in [0, 0.1) is 0 Å². The number of nitrogens with zero attached hydrogens (tertiary/aromatic N) is 2. The Bertz CT molecular complexity index is 637. The first-order chi connectivity index (χ1) is 10.2. The molecule has 3 rings (SSSR count). The quantitative estimate of drug-likeness (QED) is 0.905. The smallest absolute Gasteiger partial charge is 0.242 e. The molecular weight excluding hydrogens is 264 g/mol. The molecule has 1 saturated carbocycles. The Morgan fingerprint density at radius 3 is 2.71 bits per heavy atom. The monoisotopic (exact) mass is 284 g/mol. The second-order valence-corrected chi connectivity index (χ2v) is 5.60. The van der Waals surface area contributed by atoms with E-state index < -0.39 is 0 Å². The molecule has 1 heterocycles. The van der Waals surface area contributed by atoms with Crippen LogP contribution in [0.4, 0.5) is 5.82 Å². The number of amides is 1. The average molecular weight is 284 g/mol. The molecule has 0 spiro atoms. The molecule has 1 amide bonds. The van der Waals surface area contributed by atoms with Gasteiger partial charge < -0.3 is 10.6 Å². The van der Waals surface area contributed by atoms with E-state index in [0.717, 1.165) is 23.9 Å². The minimum atomic E-state index is -0.318. The topological polar surface area (TPSA) is 66.9 Å². The summed E-state index contributed by atoms with van der Waals surface area (Å²) in [5.41, 5.74) is 1.68. The van der Waals surface area contributed by atoms with Crippen LogP contribution in [0.3, 0.4) is 0 Å². The number of carbonyl (C=O) groups is 1. The van der Waals surface area contributed by atoms with Crippen molar-refractivity contribution in [2.75, 3.05) is 5.32 Å². The minimum absolute atomic E-state index is 0.0249. The van der Waals surface area contributed by atoms with Gasteiger partial charge in [0.15, 0.2) is 0 Å². The number of hydrogen-bond acceptors (Lipinski definition) is 4. The molecule has 2 aromatic rings. The van der Waals surface area contributed by atoms with Crippen LogP contribution in [0.2, 0.25) is 0 Å². The summed E-state index contributed by atoms with van der Waals surface area (Å²) in [6.45, 7) is 1.85. The van der Waals surface area contributed by atoms with E-state index in [1.54, 1.807) is 6.20 Å². The highest BCUT2D eigenvalue weighted by Gasteiger charge is 2.20. The zero-order valence-corrected chi connectivity index (χ0v) is 12.2. The predicted octanol–water partition coefficient (Wildman–Crippen LogP) is 2.49. The van der Waals surface area contributed by atoms with Gasteiger partial charge in [-0.2, -0.15) is 0 Å². The molecule has 5 nitrogen and oxygen atoms in total. The van der Waals surface area contributed by atoms with Crippen molar-refractivity contribution in [3.8, 4) is 0 Å². The van der Waals surface area contributed by atoms with Crippen molar-refractivity contribution in [1.82, 2.24) is 15.3 Å². The van der Waals surface area contributed by atoms with Crippen LogP contribution >= 0.6 is 0 Å². The summed E-state index contributed by atoms with van der Waals surface area (Å²) in [5, 5.41) is 6.21. The molecule has 1 aliphatic carbocycles. The second kappa shape index (κ2) is 6.08. The Balaban J connectivity index is 1.64. The maximum atomic E-state index is 12.1. The van der Waals surface area contributed by atoms with Crippen molar-refractivity contribution in [3.05, 3.63) is 30.5 Å². The lowest BCUT2D eigenvalue weighted by Gasteiger charge is -2.18. The van der Waals surface area contributed by atoms with Crippen LogP contribution in [-0.2, 0) is 4.79 Å². The number of benzene rings is 1. The lowest BCUT2D eigenvalue weighted by atomic mass is 10.2. The Kier molecular flexibility index (Phi) is 3.99. The molecule has 0 unspecified atom stereocenters. The Morgan fingerprint density at radius 1 is 1.24 bits per heavy atom. The molecule has 0 aliphatic heterocycles. The van der Waals surface area contributed by atoms with Crippen LogP contribution in [0.25, 0.3) is 11.0 Å². The fraction of sp³-hybridized carbons (Fsp3) is 0.438. The van der Waals surface area contributed by atoms with Crippen LogP contribution < -0.4 is 10.6 Å². The number of rotatable bonds is 4. The fourth-order valence-corrected chi connectivity index (χ4v) is 2.71. The summed E-state index contributed by atoms with van der Waals surface area (Å²) in [6.07, 6.45) is 6.27. The van der Waals surface area contributed by atoms with Crippen LogP contribution in [0.1, 0.15) is 32.6 Å². The highest BCUT2D eigenvalue weighted by atomic mass is 16.2. The van der Waals surface area contributed by atoms with Crippen LogP contribution in [0.5, 0.6) is 0 Å². The number of aromatic nitrogens is 2. The third kappa shape index (κ3) is 3.29. The van der Waals surface area contributed by atoms with Gasteiger partial charge in [0, 0.05) is 6.04 Å². The summed E-state index contributed by atoms with van der Waals surface area (Å²) < 4.78 is 0. The number of hydrogen-bond donors (Lipinski definition) is 2. The van der Waals surface area contributed by atoms with Crippen molar-refractivity contribution in [1.29, 1.82) is 0 Å². The maximum absolute atomic E-state index is 12.1. The van der Waals surface area contributed by atoms with Crippen molar-refractivity contribution >= 4 is 22.8 Å². The zero-order chi connectivity index (χ0) is 14.7. The summed E-state index contributed by atoms with van der Waals surface area (Å²) in [5.74, 6) is 0.652. The number of fused-ring (bicyclic) bond motifs is 1. The molecule has 1 aliphatic rings. The van der Waals surface area contributed by atoms with Gasteiger partial charge in [-0.3, -0.25) is 9.78 Å². The van der Waals surface area contributed by atoms with E-state index in [9.17, 15) is 4.79 Å². The third-order valence-electron chi connectivity index (χ3n) is 3.91. The molecular formula is C16H20N4O. The maximum Gasteiger partial charge on any atom is 0.242 e. The second-order valence-electron chi connectivity index (χ2n) is 5.60. The van der Waals surface area contributed by atoms with E-state index in [1.165, 1.54) is 12.8 Å².